The molecular formula is C23H31N3O. The molecule has 4 heteroatoms. The van der Waals surface area contributed by atoms with Gasteiger partial charge in [0.1, 0.15) is 0 Å². The van der Waals surface area contributed by atoms with Gasteiger partial charge in [-0.15, -0.1) is 0 Å². The van der Waals surface area contributed by atoms with Crippen molar-refractivity contribution in [2.75, 3.05) is 33.3 Å². The summed E-state index contributed by atoms with van der Waals surface area (Å²) in [6.07, 6.45) is 2.52. The number of benzene rings is 2. The molecule has 0 saturated carbocycles. The molecule has 1 fully saturated rings. The summed E-state index contributed by atoms with van der Waals surface area (Å²) in [6, 6.07) is 21.4. The van der Waals surface area contributed by atoms with Gasteiger partial charge in [-0.25, -0.2) is 0 Å². The molecule has 0 bridgehead atoms. The summed E-state index contributed by atoms with van der Waals surface area (Å²) >= 11 is 0. The number of likely N-dealkylation sites (tertiary alicyclic amines) is 1. The van der Waals surface area contributed by atoms with Crippen LogP contribution in [0.25, 0.3) is 0 Å². The molecule has 3 rings (SSSR count). The standard InChI is InChI=1S/C23H31N3O/c1-3-27-21-14-16-26(17-15-21)23(24-2)25-18-22(19-10-6-4-7-11-19)20-12-8-5-9-13-20/h4-13,21-22H,3,14-18H2,1-2H3,(H,24,25). The predicted octanol–water partition coefficient (Wildman–Crippen LogP) is 3.89. The maximum absolute atomic E-state index is 5.77. The number of ether oxygens (including phenoxy) is 1. The molecule has 4 nitrogen and oxygen atoms in total. The van der Waals surface area contributed by atoms with E-state index < -0.39 is 0 Å². The maximum atomic E-state index is 5.77. The Morgan fingerprint density at radius 2 is 1.59 bits per heavy atom. The van der Waals surface area contributed by atoms with Crippen LogP contribution in [0, 0.1) is 0 Å². The van der Waals surface area contributed by atoms with Crippen molar-refractivity contribution in [3.05, 3.63) is 71.8 Å². The summed E-state index contributed by atoms with van der Waals surface area (Å²) in [5, 5.41) is 3.62. The van der Waals surface area contributed by atoms with Crippen LogP contribution >= 0.6 is 0 Å². The second-order valence-electron chi connectivity index (χ2n) is 6.94. The van der Waals surface area contributed by atoms with Crippen LogP contribution in [-0.2, 0) is 4.74 Å². The van der Waals surface area contributed by atoms with Crippen molar-refractivity contribution in [2.24, 2.45) is 4.99 Å². The Hall–Kier alpha value is -2.33. The van der Waals surface area contributed by atoms with Crippen molar-refractivity contribution < 1.29 is 4.74 Å². The Labute approximate surface area is 163 Å². The van der Waals surface area contributed by atoms with Gasteiger partial charge in [0.2, 0.25) is 0 Å². The molecule has 2 aromatic rings. The van der Waals surface area contributed by atoms with Crippen LogP contribution in [0.1, 0.15) is 36.8 Å². The largest absolute Gasteiger partial charge is 0.378 e. The Bertz CT molecular complexity index is 655. The lowest BCUT2D eigenvalue weighted by molar-refractivity contribution is 0.0264. The van der Waals surface area contributed by atoms with E-state index >= 15 is 0 Å². The molecule has 0 amide bonds. The average molecular weight is 366 g/mol. The number of nitrogens with zero attached hydrogens (tertiary/aromatic N) is 2. The van der Waals surface area contributed by atoms with Crippen molar-refractivity contribution in [3.63, 3.8) is 0 Å². The molecule has 0 radical (unpaired) electrons. The van der Waals surface area contributed by atoms with E-state index in [4.69, 9.17) is 4.74 Å². The van der Waals surface area contributed by atoms with Gasteiger partial charge in [0.15, 0.2) is 5.96 Å². The molecule has 1 heterocycles. The highest BCUT2D eigenvalue weighted by Gasteiger charge is 2.22. The third-order valence-corrected chi connectivity index (χ3v) is 5.22. The highest BCUT2D eigenvalue weighted by atomic mass is 16.5. The molecular weight excluding hydrogens is 334 g/mol. The Balaban J connectivity index is 1.66. The predicted molar refractivity (Wildman–Crippen MR) is 112 cm³/mol. The van der Waals surface area contributed by atoms with E-state index in [1.165, 1.54) is 11.1 Å². The van der Waals surface area contributed by atoms with Crippen molar-refractivity contribution >= 4 is 5.96 Å². The van der Waals surface area contributed by atoms with Gasteiger partial charge in [0.05, 0.1) is 6.10 Å². The lowest BCUT2D eigenvalue weighted by Gasteiger charge is -2.34. The Morgan fingerprint density at radius 3 is 2.07 bits per heavy atom. The molecule has 0 atom stereocenters. The zero-order chi connectivity index (χ0) is 18.9. The van der Waals surface area contributed by atoms with Gasteiger partial charge in [0, 0.05) is 39.2 Å². The average Bonchev–Trinajstić information content (AvgIpc) is 2.74. The van der Waals surface area contributed by atoms with E-state index in [0.29, 0.717) is 12.0 Å². The quantitative estimate of drug-likeness (QED) is 0.623. The first-order valence-corrected chi connectivity index (χ1v) is 9.99. The van der Waals surface area contributed by atoms with Crippen LogP contribution in [0.15, 0.2) is 65.7 Å². The molecule has 0 aromatic heterocycles. The van der Waals surface area contributed by atoms with Crippen LogP contribution in [0.4, 0.5) is 0 Å². The fourth-order valence-electron chi connectivity index (χ4n) is 3.79. The van der Waals surface area contributed by atoms with Crippen LogP contribution in [0.2, 0.25) is 0 Å². The monoisotopic (exact) mass is 365 g/mol. The summed E-state index contributed by atoms with van der Waals surface area (Å²) in [7, 11) is 1.87. The van der Waals surface area contributed by atoms with E-state index in [-0.39, 0.29) is 0 Å². The first-order chi connectivity index (χ1) is 13.3. The number of hydrogen-bond acceptors (Lipinski definition) is 2. The fourth-order valence-corrected chi connectivity index (χ4v) is 3.79. The minimum absolute atomic E-state index is 0.296. The molecule has 1 saturated heterocycles. The summed E-state index contributed by atoms with van der Waals surface area (Å²) in [5.41, 5.74) is 2.64. The molecule has 0 spiro atoms. The molecule has 27 heavy (non-hydrogen) atoms. The second-order valence-corrected chi connectivity index (χ2v) is 6.94. The Kier molecular flexibility index (Phi) is 7.28. The van der Waals surface area contributed by atoms with Crippen LogP contribution < -0.4 is 5.32 Å². The van der Waals surface area contributed by atoms with Crippen LogP contribution in [0.3, 0.4) is 0 Å². The molecule has 1 aliphatic rings. The van der Waals surface area contributed by atoms with Gasteiger partial charge in [-0.1, -0.05) is 60.7 Å². The summed E-state index contributed by atoms with van der Waals surface area (Å²) < 4.78 is 5.77. The van der Waals surface area contributed by atoms with Crippen molar-refractivity contribution in [2.45, 2.75) is 31.8 Å². The SMILES string of the molecule is CCOC1CCN(C(=NC)NCC(c2ccccc2)c2ccccc2)CC1. The number of hydrogen-bond donors (Lipinski definition) is 1. The lowest BCUT2D eigenvalue weighted by Crippen LogP contribution is -2.47. The van der Waals surface area contributed by atoms with Gasteiger partial charge < -0.3 is 15.0 Å². The maximum Gasteiger partial charge on any atom is 0.193 e. The number of piperidine rings is 1. The second kappa shape index (κ2) is 10.1. The zero-order valence-electron chi connectivity index (χ0n) is 16.5. The third-order valence-electron chi connectivity index (χ3n) is 5.22. The molecule has 0 unspecified atom stereocenters. The van der Waals surface area contributed by atoms with Crippen molar-refractivity contribution in [1.29, 1.82) is 0 Å². The highest BCUT2D eigenvalue weighted by Crippen LogP contribution is 2.24. The highest BCUT2D eigenvalue weighted by molar-refractivity contribution is 5.80. The molecule has 0 aliphatic carbocycles. The van der Waals surface area contributed by atoms with Crippen LogP contribution in [0.5, 0.6) is 0 Å². The zero-order valence-corrected chi connectivity index (χ0v) is 16.5. The summed E-state index contributed by atoms with van der Waals surface area (Å²) in [6.45, 7) is 5.68. The summed E-state index contributed by atoms with van der Waals surface area (Å²) in [5.74, 6) is 1.28. The topological polar surface area (TPSA) is 36.9 Å². The number of nitrogens with one attached hydrogen (secondary N) is 1. The van der Waals surface area contributed by atoms with Gasteiger partial charge in [-0.3, -0.25) is 4.99 Å². The van der Waals surface area contributed by atoms with E-state index in [0.717, 1.165) is 45.0 Å². The minimum Gasteiger partial charge on any atom is -0.378 e. The summed E-state index contributed by atoms with van der Waals surface area (Å²) in [4.78, 5) is 6.88. The molecule has 144 valence electrons. The van der Waals surface area contributed by atoms with E-state index in [1.807, 2.05) is 7.05 Å². The number of guanidine groups is 1. The number of aliphatic imine (C=N–C) groups is 1. The van der Waals surface area contributed by atoms with Gasteiger partial charge >= 0.3 is 0 Å². The molecule has 1 aliphatic heterocycles. The minimum atomic E-state index is 0.296. The van der Waals surface area contributed by atoms with Gasteiger partial charge in [-0.05, 0) is 30.9 Å². The Morgan fingerprint density at radius 1 is 1.04 bits per heavy atom. The fraction of sp³-hybridized carbons (Fsp3) is 0.435. The molecule has 1 N–H and O–H groups in total. The van der Waals surface area contributed by atoms with E-state index in [2.05, 4.69) is 82.8 Å². The smallest absolute Gasteiger partial charge is 0.193 e. The lowest BCUT2D eigenvalue weighted by atomic mass is 9.91. The van der Waals surface area contributed by atoms with E-state index in [9.17, 15) is 0 Å². The first kappa shape index (κ1) is 19.4. The normalized spacial score (nSPS) is 16.0. The van der Waals surface area contributed by atoms with Gasteiger partial charge in [0.25, 0.3) is 0 Å². The molecule has 2 aromatic carbocycles. The van der Waals surface area contributed by atoms with Crippen molar-refractivity contribution in [1.82, 2.24) is 10.2 Å². The first-order valence-electron chi connectivity index (χ1n) is 9.99. The van der Waals surface area contributed by atoms with E-state index in [1.54, 1.807) is 0 Å². The number of rotatable bonds is 6. The van der Waals surface area contributed by atoms with Crippen LogP contribution in [-0.4, -0.2) is 50.3 Å². The van der Waals surface area contributed by atoms with Gasteiger partial charge in [-0.2, -0.15) is 0 Å². The third kappa shape index (κ3) is 5.33. The van der Waals surface area contributed by atoms with Crippen molar-refractivity contribution in [3.8, 4) is 0 Å².